The molecule has 0 heterocycles. The van der Waals surface area contributed by atoms with Crippen LogP contribution in [0.15, 0.2) is 352 Å². The van der Waals surface area contributed by atoms with Gasteiger partial charge in [0.2, 0.25) is 0 Å². The molecule has 2 atom stereocenters. The summed E-state index contributed by atoms with van der Waals surface area (Å²) >= 11 is 0. The first-order valence-corrected chi connectivity index (χ1v) is 36.7. The molecule has 0 aromatic heterocycles. The molecule has 4 aliphatic rings. The van der Waals surface area contributed by atoms with Crippen LogP contribution in [0.3, 0.4) is 0 Å². The first-order valence-electron chi connectivity index (χ1n) is 36.7. The second kappa shape index (κ2) is 25.0. The molecule has 20 rings (SSSR count). The second-order valence-corrected chi connectivity index (χ2v) is 28.5. The predicted octanol–water partition coefficient (Wildman–Crippen LogP) is 25.8. The molecule has 0 saturated carbocycles. The highest BCUT2D eigenvalue weighted by atomic mass is 19.1. The van der Waals surface area contributed by atoms with Gasteiger partial charge in [-0.3, -0.25) is 0 Å². The Kier molecular flexibility index (Phi) is 14.8. The monoisotopic (exact) mass is 1350 g/mol. The van der Waals surface area contributed by atoms with Gasteiger partial charge in [0.05, 0.1) is 10.8 Å². The average Bonchev–Trinajstić information content (AvgIpc) is 1.56. The second-order valence-electron chi connectivity index (χ2n) is 28.5. The number of aryl methyl sites for hydroxylation is 5. The van der Waals surface area contributed by atoms with Gasteiger partial charge < -0.3 is 19.3 Å². The van der Waals surface area contributed by atoms with Crippen LogP contribution in [0.25, 0.3) is 54.9 Å². The molecular weight excluding hydrogens is 1280 g/mol. The molecule has 2 unspecified atom stereocenters. The third-order valence-corrected chi connectivity index (χ3v) is 22.9. The lowest BCUT2D eigenvalue weighted by molar-refractivity contribution is 0.480. The maximum Gasteiger partial charge on any atom is 0.127 e. The molecule has 16 aromatic carbocycles. The lowest BCUT2D eigenvalue weighted by Gasteiger charge is -2.35. The van der Waals surface area contributed by atoms with Crippen molar-refractivity contribution < 1.29 is 13.9 Å². The van der Waals surface area contributed by atoms with Gasteiger partial charge in [0.15, 0.2) is 0 Å². The minimum Gasteiger partial charge on any atom is -0.457 e. The number of anilines is 6. The van der Waals surface area contributed by atoms with Crippen molar-refractivity contribution in [3.63, 3.8) is 0 Å². The van der Waals surface area contributed by atoms with E-state index < -0.39 is 10.8 Å². The summed E-state index contributed by atoms with van der Waals surface area (Å²) in [6.45, 7) is 2.21. The largest absolute Gasteiger partial charge is 0.457 e. The van der Waals surface area contributed by atoms with E-state index in [-0.39, 0.29) is 5.82 Å². The fraction of sp³-hybridized carbons (Fsp3) is 0.0800. The Balaban J connectivity index is 0.676. The number of fused-ring (bicyclic) bond motifs is 10. The summed E-state index contributed by atoms with van der Waals surface area (Å²) in [5.74, 6) is 3.03. The van der Waals surface area contributed by atoms with Crippen LogP contribution in [-0.4, -0.2) is 0 Å². The van der Waals surface area contributed by atoms with Gasteiger partial charge in [-0.25, -0.2) is 4.39 Å². The molecule has 0 spiro atoms. The van der Waals surface area contributed by atoms with Crippen molar-refractivity contribution in [3.8, 4) is 56.4 Å². The Bertz CT molecular complexity index is 6090. The zero-order chi connectivity index (χ0) is 69.7. The standard InChI is InChI=1S/C100H71FN2O2/c1-2-65-19-41-81(42-20-65)102(85-49-57-93-91-15-7-9-17-95(91)99(97(93)63-85,78-33-25-66-11-3-5-13-72(66)59-78)76-35-53-87(54-36-76)104-89-51-31-70-21-23-74(70)61-89)82-43-27-68(28-44-82)69-29-45-83(46-30-69)103(84-47-39-80(101)40-48-84)86-50-58-94-92-16-8-10-18-96(92)100(98(94)64-86,79-34-26-67-12-4-6-14-73(67)60-79)77-37-55-88(56-38-77)105-90-52-32-71-22-24-75(71)62-90/h3-20,25-64H,2,21-24H2,1H3. The highest BCUT2D eigenvalue weighted by molar-refractivity contribution is 5.95. The molecule has 0 bridgehead atoms. The molecule has 0 aliphatic heterocycles. The Morgan fingerprint density at radius 1 is 0.276 bits per heavy atom. The van der Waals surface area contributed by atoms with E-state index in [1.165, 1.54) is 93.9 Å². The van der Waals surface area contributed by atoms with E-state index in [2.05, 4.69) is 344 Å². The molecular formula is C100H71FN2O2. The molecule has 0 amide bonds. The van der Waals surface area contributed by atoms with Crippen molar-refractivity contribution in [1.82, 2.24) is 0 Å². The van der Waals surface area contributed by atoms with E-state index in [4.69, 9.17) is 9.47 Å². The average molecular weight is 1350 g/mol. The van der Waals surface area contributed by atoms with E-state index in [1.807, 2.05) is 12.1 Å². The van der Waals surface area contributed by atoms with Crippen molar-refractivity contribution in [2.75, 3.05) is 9.80 Å². The number of rotatable bonds is 16. The number of hydrogen-bond acceptors (Lipinski definition) is 4. The molecule has 0 fully saturated rings. The Labute approximate surface area is 611 Å². The Morgan fingerprint density at radius 3 is 1.04 bits per heavy atom. The van der Waals surface area contributed by atoms with E-state index >= 15 is 4.39 Å². The van der Waals surface area contributed by atoms with Crippen LogP contribution in [0.5, 0.6) is 23.0 Å². The maximum absolute atomic E-state index is 15.2. The molecule has 0 N–H and O–H groups in total. The summed E-state index contributed by atoms with van der Waals surface area (Å²) in [6, 6.07) is 128. The predicted molar refractivity (Wildman–Crippen MR) is 428 cm³/mol. The molecule has 105 heavy (non-hydrogen) atoms. The molecule has 5 heteroatoms. The summed E-state index contributed by atoms with van der Waals surface area (Å²) in [4.78, 5) is 4.67. The topological polar surface area (TPSA) is 24.9 Å². The van der Waals surface area contributed by atoms with Gasteiger partial charge in [-0.1, -0.05) is 213 Å². The normalized spacial score (nSPS) is 15.5. The van der Waals surface area contributed by atoms with Crippen molar-refractivity contribution >= 4 is 55.7 Å². The molecule has 16 aromatic rings. The summed E-state index contributed by atoms with van der Waals surface area (Å²) in [5, 5.41) is 4.75. The maximum atomic E-state index is 15.2. The molecule has 500 valence electrons. The fourth-order valence-corrected chi connectivity index (χ4v) is 17.5. The molecule has 4 nitrogen and oxygen atoms in total. The summed E-state index contributed by atoms with van der Waals surface area (Å²) in [6.07, 6.45) is 5.39. The van der Waals surface area contributed by atoms with Gasteiger partial charge in [-0.2, -0.15) is 0 Å². The van der Waals surface area contributed by atoms with Crippen LogP contribution >= 0.6 is 0 Å². The van der Waals surface area contributed by atoms with Crippen molar-refractivity contribution in [2.24, 2.45) is 0 Å². The Hall–Kier alpha value is -12.8. The number of nitrogens with zero attached hydrogens (tertiary/aromatic N) is 2. The van der Waals surface area contributed by atoms with Gasteiger partial charge >= 0.3 is 0 Å². The number of hydrogen-bond donors (Lipinski definition) is 0. The fourth-order valence-electron chi connectivity index (χ4n) is 17.5. The lowest BCUT2D eigenvalue weighted by Crippen LogP contribution is -2.28. The van der Waals surface area contributed by atoms with Gasteiger partial charge in [-0.15, -0.1) is 0 Å². The third-order valence-electron chi connectivity index (χ3n) is 22.9. The van der Waals surface area contributed by atoms with Crippen LogP contribution in [-0.2, 0) is 42.9 Å². The highest BCUT2D eigenvalue weighted by Crippen LogP contribution is 2.60. The van der Waals surface area contributed by atoms with Crippen LogP contribution in [0.2, 0.25) is 0 Å². The minimum atomic E-state index is -0.736. The van der Waals surface area contributed by atoms with E-state index in [0.717, 1.165) is 123 Å². The minimum absolute atomic E-state index is 0.291. The van der Waals surface area contributed by atoms with Crippen LogP contribution < -0.4 is 19.3 Å². The summed E-state index contributed by atoms with van der Waals surface area (Å²) < 4.78 is 28.4. The number of ether oxygens (including phenoxy) is 2. The van der Waals surface area contributed by atoms with E-state index in [0.29, 0.717) is 0 Å². The Morgan fingerprint density at radius 2 is 0.629 bits per heavy atom. The SMILES string of the molecule is CCc1ccc(N(c2ccc(-c3ccc(N(c4ccc(F)cc4)c4ccc5c(c4)C(c4ccc(Oc6ccc7c(c6)CC7)cc4)(c4ccc6ccccc6c4)c4ccccc4-5)cc3)cc2)c2ccc3c(c2)C(c2ccc(Oc4ccc5c(c4)CC5)cc2)(c2ccc4ccccc4c2)c2ccccc2-3)cc1. The van der Waals surface area contributed by atoms with E-state index in [1.54, 1.807) is 12.1 Å². The molecule has 4 aliphatic carbocycles. The van der Waals surface area contributed by atoms with Gasteiger partial charge in [0.1, 0.15) is 28.8 Å². The van der Waals surface area contributed by atoms with Crippen LogP contribution in [0, 0.1) is 5.82 Å². The van der Waals surface area contributed by atoms with Gasteiger partial charge in [0.25, 0.3) is 0 Å². The van der Waals surface area contributed by atoms with Gasteiger partial charge in [0, 0.05) is 34.1 Å². The summed E-state index contributed by atoms with van der Waals surface area (Å²) in [7, 11) is 0. The van der Waals surface area contributed by atoms with Crippen molar-refractivity contribution in [3.05, 3.63) is 430 Å². The zero-order valence-electron chi connectivity index (χ0n) is 58.1. The number of halogens is 1. The lowest BCUT2D eigenvalue weighted by atomic mass is 9.67. The number of benzene rings is 16. The smallest absolute Gasteiger partial charge is 0.127 e. The zero-order valence-corrected chi connectivity index (χ0v) is 58.1. The van der Waals surface area contributed by atoms with Crippen LogP contribution in [0.4, 0.5) is 38.5 Å². The first kappa shape index (κ1) is 62.0. The third kappa shape index (κ3) is 10.3. The van der Waals surface area contributed by atoms with Crippen molar-refractivity contribution in [1.29, 1.82) is 0 Å². The highest BCUT2D eigenvalue weighted by Gasteiger charge is 2.48. The summed E-state index contributed by atoms with van der Waals surface area (Å²) in [5.41, 5.74) is 27.7. The van der Waals surface area contributed by atoms with Crippen molar-refractivity contribution in [2.45, 2.75) is 49.9 Å². The van der Waals surface area contributed by atoms with Crippen LogP contribution in [0.1, 0.15) is 79.2 Å². The van der Waals surface area contributed by atoms with E-state index in [9.17, 15) is 0 Å². The molecule has 0 radical (unpaired) electrons. The quantitative estimate of drug-likeness (QED) is 0.0963. The first-order chi connectivity index (χ1) is 51.8. The van der Waals surface area contributed by atoms with Gasteiger partial charge in [-0.05, 0) is 305 Å². The molecule has 0 saturated heterocycles.